The number of benzene rings is 1. The van der Waals surface area contributed by atoms with E-state index in [9.17, 15) is 22.0 Å². The lowest BCUT2D eigenvalue weighted by Gasteiger charge is -2.04. The van der Waals surface area contributed by atoms with E-state index in [4.69, 9.17) is 0 Å². The average molecular weight is 248 g/mol. The quantitative estimate of drug-likeness (QED) is 0.589. The van der Waals surface area contributed by atoms with E-state index in [0.717, 1.165) is 16.9 Å². The van der Waals surface area contributed by atoms with E-state index >= 15 is 0 Å². The van der Waals surface area contributed by atoms with E-state index in [1.807, 2.05) is 0 Å². The molecule has 0 amide bonds. The maximum absolute atomic E-state index is 13.3. The van der Waals surface area contributed by atoms with E-state index in [0.29, 0.717) is 12.1 Å². The van der Waals surface area contributed by atoms with Crippen LogP contribution in [0.1, 0.15) is 12.1 Å². The minimum atomic E-state index is -2.82. The lowest BCUT2D eigenvalue weighted by atomic mass is 10.3. The van der Waals surface area contributed by atoms with Gasteiger partial charge in [-0.2, -0.15) is 5.10 Å². The van der Waals surface area contributed by atoms with Gasteiger partial charge < -0.3 is 0 Å². The van der Waals surface area contributed by atoms with Crippen LogP contribution in [-0.4, -0.2) is 9.78 Å². The molecule has 0 radical (unpaired) electrons. The molecule has 0 atom stereocenters. The molecule has 0 spiro atoms. The third-order valence-electron chi connectivity index (χ3n) is 2.07. The zero-order valence-electron chi connectivity index (χ0n) is 8.17. The molecule has 1 aromatic carbocycles. The maximum Gasteiger partial charge on any atom is 0.282 e. The van der Waals surface area contributed by atoms with Crippen molar-refractivity contribution in [2.24, 2.45) is 0 Å². The molecular weight excluding hydrogens is 243 g/mol. The highest BCUT2D eigenvalue weighted by molar-refractivity contribution is 5.34. The van der Waals surface area contributed by atoms with Gasteiger partial charge in [-0.25, -0.2) is 26.6 Å². The fourth-order valence-electron chi connectivity index (χ4n) is 1.28. The summed E-state index contributed by atoms with van der Waals surface area (Å²) in [6.45, 7) is 0. The number of halogens is 5. The highest BCUT2D eigenvalue weighted by Gasteiger charge is 2.15. The zero-order chi connectivity index (χ0) is 12.6. The van der Waals surface area contributed by atoms with Gasteiger partial charge in [0.1, 0.15) is 11.4 Å². The second-order valence-corrected chi connectivity index (χ2v) is 3.20. The Morgan fingerprint density at radius 1 is 1.00 bits per heavy atom. The van der Waals surface area contributed by atoms with E-state index in [-0.39, 0.29) is 0 Å². The third-order valence-corrected chi connectivity index (χ3v) is 2.07. The monoisotopic (exact) mass is 248 g/mol. The van der Waals surface area contributed by atoms with Crippen molar-refractivity contribution in [1.82, 2.24) is 9.78 Å². The van der Waals surface area contributed by atoms with Gasteiger partial charge in [0.05, 0.1) is 0 Å². The molecule has 0 N–H and O–H groups in total. The van der Waals surface area contributed by atoms with Crippen molar-refractivity contribution in [3.63, 3.8) is 0 Å². The lowest BCUT2D eigenvalue weighted by molar-refractivity contribution is 0.145. The molecule has 0 unspecified atom stereocenters. The summed E-state index contributed by atoms with van der Waals surface area (Å²) in [4.78, 5) is 0. The second kappa shape index (κ2) is 4.15. The van der Waals surface area contributed by atoms with Crippen LogP contribution in [0.3, 0.4) is 0 Å². The summed E-state index contributed by atoms with van der Waals surface area (Å²) in [6.07, 6.45) is -1.78. The molecule has 0 aliphatic carbocycles. The van der Waals surface area contributed by atoms with Crippen LogP contribution < -0.4 is 0 Å². The van der Waals surface area contributed by atoms with Crippen molar-refractivity contribution >= 4 is 0 Å². The first-order valence-electron chi connectivity index (χ1n) is 4.47. The zero-order valence-corrected chi connectivity index (χ0v) is 8.17. The molecule has 2 rings (SSSR count). The van der Waals surface area contributed by atoms with Gasteiger partial charge in [0.15, 0.2) is 17.5 Å². The van der Waals surface area contributed by atoms with Crippen molar-refractivity contribution in [1.29, 1.82) is 0 Å². The molecule has 0 aliphatic heterocycles. The van der Waals surface area contributed by atoms with Gasteiger partial charge in [-0.3, -0.25) is 0 Å². The van der Waals surface area contributed by atoms with Crippen LogP contribution in [0, 0.1) is 17.5 Å². The van der Waals surface area contributed by atoms with Gasteiger partial charge in [-0.1, -0.05) is 0 Å². The third kappa shape index (κ3) is 2.13. The fraction of sp³-hybridized carbons (Fsp3) is 0.100. The first-order chi connectivity index (χ1) is 7.99. The van der Waals surface area contributed by atoms with Gasteiger partial charge in [-0.15, -0.1) is 0 Å². The fourth-order valence-corrected chi connectivity index (χ4v) is 1.28. The molecule has 0 bridgehead atoms. The van der Waals surface area contributed by atoms with Gasteiger partial charge in [-0.05, 0) is 6.07 Å². The van der Waals surface area contributed by atoms with Crippen molar-refractivity contribution in [2.45, 2.75) is 6.43 Å². The first-order valence-corrected chi connectivity index (χ1v) is 4.47. The SMILES string of the molecule is Fc1cc(F)c(-n2ccc(C(F)F)n2)cc1F. The van der Waals surface area contributed by atoms with E-state index in [1.165, 1.54) is 0 Å². The maximum atomic E-state index is 13.3. The topological polar surface area (TPSA) is 17.8 Å². The van der Waals surface area contributed by atoms with Crippen LogP contribution in [0.5, 0.6) is 0 Å². The summed E-state index contributed by atoms with van der Waals surface area (Å²) in [7, 11) is 0. The largest absolute Gasteiger partial charge is 0.282 e. The predicted molar refractivity (Wildman–Crippen MR) is 48.4 cm³/mol. The molecular formula is C10H5F5N2. The molecule has 1 heterocycles. The molecule has 0 saturated carbocycles. The van der Waals surface area contributed by atoms with E-state index < -0.39 is 35.3 Å². The van der Waals surface area contributed by atoms with Crippen molar-refractivity contribution in [3.05, 3.63) is 47.5 Å². The Balaban J connectivity index is 2.49. The van der Waals surface area contributed by atoms with Gasteiger partial charge in [0, 0.05) is 18.3 Å². The Morgan fingerprint density at radius 3 is 2.24 bits per heavy atom. The Labute approximate surface area is 92.3 Å². The molecule has 0 fully saturated rings. The molecule has 90 valence electrons. The van der Waals surface area contributed by atoms with Crippen LogP contribution in [0.15, 0.2) is 24.4 Å². The smallest absolute Gasteiger partial charge is 0.237 e. The van der Waals surface area contributed by atoms with Gasteiger partial charge in [0.25, 0.3) is 6.43 Å². The standard InChI is InChI=1S/C10H5F5N2/c11-5-3-7(13)9(4-6(5)12)17-2-1-8(16-17)10(14)15/h1-4,10H. The highest BCUT2D eigenvalue weighted by Crippen LogP contribution is 2.20. The van der Waals surface area contributed by atoms with Gasteiger partial charge in [0.2, 0.25) is 0 Å². The summed E-state index contributed by atoms with van der Waals surface area (Å²) in [5.41, 5.74) is -1.01. The number of hydrogen-bond acceptors (Lipinski definition) is 1. The molecule has 7 heteroatoms. The van der Waals surface area contributed by atoms with Crippen LogP contribution in [0.4, 0.5) is 22.0 Å². The van der Waals surface area contributed by atoms with Crippen molar-refractivity contribution < 1.29 is 22.0 Å². The Morgan fingerprint density at radius 2 is 1.65 bits per heavy atom. The van der Waals surface area contributed by atoms with Crippen LogP contribution in [-0.2, 0) is 0 Å². The lowest BCUT2D eigenvalue weighted by Crippen LogP contribution is -2.02. The minimum Gasteiger partial charge on any atom is -0.237 e. The normalized spacial score (nSPS) is 11.2. The summed E-state index contributed by atoms with van der Waals surface area (Å²) in [6, 6.07) is 1.84. The number of nitrogens with zero attached hydrogens (tertiary/aromatic N) is 2. The molecule has 2 nitrogen and oxygen atoms in total. The highest BCUT2D eigenvalue weighted by atomic mass is 19.3. The van der Waals surface area contributed by atoms with E-state index in [1.54, 1.807) is 0 Å². The van der Waals surface area contributed by atoms with Crippen molar-refractivity contribution in [3.8, 4) is 5.69 Å². The van der Waals surface area contributed by atoms with Crippen LogP contribution in [0.25, 0.3) is 5.69 Å². The number of aromatic nitrogens is 2. The van der Waals surface area contributed by atoms with Gasteiger partial charge >= 0.3 is 0 Å². The van der Waals surface area contributed by atoms with Crippen LogP contribution in [0.2, 0.25) is 0 Å². The summed E-state index contributed by atoms with van der Waals surface area (Å²) >= 11 is 0. The van der Waals surface area contributed by atoms with Crippen LogP contribution >= 0.6 is 0 Å². The molecule has 17 heavy (non-hydrogen) atoms. The Hall–Kier alpha value is -1.92. The minimum absolute atomic E-state index is 0.328. The number of rotatable bonds is 2. The number of alkyl halides is 2. The predicted octanol–water partition coefficient (Wildman–Crippen LogP) is 3.23. The average Bonchev–Trinajstić information content (AvgIpc) is 2.72. The molecule has 2 aromatic rings. The first kappa shape index (κ1) is 11.6. The summed E-state index contributed by atoms with van der Waals surface area (Å²) in [5, 5.41) is 3.35. The molecule has 0 saturated heterocycles. The van der Waals surface area contributed by atoms with Crippen molar-refractivity contribution in [2.75, 3.05) is 0 Å². The molecule has 0 aliphatic rings. The summed E-state index contributed by atoms with van der Waals surface area (Å²) in [5.74, 6) is -3.73. The number of hydrogen-bond donors (Lipinski definition) is 0. The Bertz CT molecular complexity index is 550. The molecule has 1 aromatic heterocycles. The second-order valence-electron chi connectivity index (χ2n) is 3.20. The Kier molecular flexibility index (Phi) is 2.83. The summed E-state index contributed by atoms with van der Waals surface area (Å²) < 4.78 is 64.0. The van der Waals surface area contributed by atoms with E-state index in [2.05, 4.69) is 5.10 Å².